The number of para-hydroxylation sites is 1. The number of carboxylic acid groups (broad SMARTS) is 1. The molecule has 1 aromatic carbocycles. The molecule has 0 unspecified atom stereocenters. The maximum Gasteiger partial charge on any atom is 1.00 e. The van der Waals surface area contributed by atoms with Gasteiger partial charge in [-0.05, 0) is 12.1 Å². The normalized spacial score (nSPS) is 9.90. The zero-order valence-corrected chi connectivity index (χ0v) is 25.0. The summed E-state index contributed by atoms with van der Waals surface area (Å²) in [6.45, 7) is 0.472. The third kappa shape index (κ3) is 8.12. The van der Waals surface area contributed by atoms with Crippen molar-refractivity contribution in [3.8, 4) is 5.75 Å². The van der Waals surface area contributed by atoms with Gasteiger partial charge in [0.2, 0.25) is 0 Å². The van der Waals surface area contributed by atoms with Crippen molar-refractivity contribution in [1.29, 1.82) is 0 Å². The fraction of sp³-hybridized carbons (Fsp3) is 0.261. The molecule has 0 bridgehead atoms. The Morgan fingerprint density at radius 1 is 1.00 bits per heavy atom. The Morgan fingerprint density at radius 2 is 1.61 bits per heavy atom. The first-order valence-electron chi connectivity index (χ1n) is 11.4. The van der Waals surface area contributed by atoms with Gasteiger partial charge in [0.25, 0.3) is 11.1 Å². The van der Waals surface area contributed by atoms with Gasteiger partial charge in [0.1, 0.15) is 11.3 Å². The Bertz CT molecular complexity index is 1860. The summed E-state index contributed by atoms with van der Waals surface area (Å²) in [4.78, 5) is 68.1. The van der Waals surface area contributed by atoms with Crippen LogP contribution in [0.4, 0.5) is 0 Å². The van der Waals surface area contributed by atoms with E-state index in [0.29, 0.717) is 28.9 Å². The molecule has 0 saturated carbocycles. The molecule has 4 aromatic heterocycles. The third-order valence-corrected chi connectivity index (χ3v) is 5.26. The summed E-state index contributed by atoms with van der Waals surface area (Å²) in [5, 5.41) is 26.8. The Kier molecular flexibility index (Phi) is 13.1. The van der Waals surface area contributed by atoms with Crippen molar-refractivity contribution in [2.24, 2.45) is 33.9 Å². The third-order valence-electron chi connectivity index (χ3n) is 5.26. The molecule has 0 radical (unpaired) electrons. The summed E-state index contributed by atoms with van der Waals surface area (Å²) >= 11 is 0. The van der Waals surface area contributed by atoms with Crippen molar-refractivity contribution >= 4 is 28.3 Å². The number of imidazole rings is 2. The number of carbonyl (C=O) groups is 1. The van der Waals surface area contributed by atoms with Crippen LogP contribution in [0.1, 0.15) is 10.4 Å². The van der Waals surface area contributed by atoms with Gasteiger partial charge >= 0.3 is 40.9 Å². The summed E-state index contributed by atoms with van der Waals surface area (Å²) in [5.74, 6) is -1.62. The molecule has 214 valence electrons. The van der Waals surface area contributed by atoms with Crippen LogP contribution in [0.3, 0.4) is 0 Å². The fourth-order valence-corrected chi connectivity index (χ4v) is 3.18. The van der Waals surface area contributed by atoms with Crippen molar-refractivity contribution < 1.29 is 49.7 Å². The Balaban J connectivity index is 0.000000288. The predicted octanol–water partition coefficient (Wildman–Crippen LogP) is -6.38. The average Bonchev–Trinajstić information content (AvgIpc) is 3.58. The average molecular weight is 582 g/mol. The number of nitrogens with two attached hydrogens (primary N) is 1. The molecule has 0 aliphatic carbocycles. The monoisotopic (exact) mass is 581 g/mol. The number of aromatic hydroxyl groups is 1. The molecule has 0 spiro atoms. The zero-order valence-electron chi connectivity index (χ0n) is 23.0. The van der Waals surface area contributed by atoms with Gasteiger partial charge in [0.15, 0.2) is 16.8 Å². The number of phenols is 1. The number of aliphatic hydroxyl groups excluding tert-OH is 1. The molecule has 5 aromatic rings. The first-order chi connectivity index (χ1) is 18.9. The number of hydrogen-bond acceptors (Lipinski definition) is 11. The molecule has 0 fully saturated rings. The van der Waals surface area contributed by atoms with E-state index in [2.05, 4.69) is 19.9 Å². The molecule has 0 atom stereocenters. The predicted molar refractivity (Wildman–Crippen MR) is 142 cm³/mol. The van der Waals surface area contributed by atoms with E-state index in [1.807, 2.05) is 0 Å². The minimum absolute atomic E-state index is 0. The van der Waals surface area contributed by atoms with Crippen LogP contribution in [0.15, 0.2) is 56.1 Å². The van der Waals surface area contributed by atoms with Crippen LogP contribution < -0.4 is 62.9 Å². The van der Waals surface area contributed by atoms with Gasteiger partial charge in [-0.25, -0.2) is 19.6 Å². The van der Waals surface area contributed by atoms with Crippen LogP contribution in [-0.2, 0) is 28.2 Å². The van der Waals surface area contributed by atoms with Crippen molar-refractivity contribution in [2.45, 2.75) is 0 Å². The van der Waals surface area contributed by atoms with Gasteiger partial charge in [-0.15, -0.1) is 0 Å². The maximum absolute atomic E-state index is 11.4. The number of benzene rings is 1. The minimum atomic E-state index is -1.36. The molecule has 18 heteroatoms. The molecule has 5 rings (SSSR count). The maximum atomic E-state index is 11.4. The van der Waals surface area contributed by atoms with Gasteiger partial charge in [-0.1, -0.05) is 12.1 Å². The summed E-state index contributed by atoms with van der Waals surface area (Å²) in [6.07, 6.45) is 2.89. The quantitative estimate of drug-likeness (QED) is 0.123. The van der Waals surface area contributed by atoms with E-state index in [-0.39, 0.29) is 58.7 Å². The van der Waals surface area contributed by atoms with E-state index in [0.717, 1.165) is 4.57 Å². The minimum Gasteiger partial charge on any atom is -0.545 e. The zero-order chi connectivity index (χ0) is 30.1. The van der Waals surface area contributed by atoms with Gasteiger partial charge < -0.3 is 35.4 Å². The van der Waals surface area contributed by atoms with Crippen LogP contribution in [-0.4, -0.2) is 67.5 Å². The number of fused-ring (bicyclic) bond motifs is 2. The molecular formula is C23H28N9NaO8. The molecule has 0 aliphatic heterocycles. The van der Waals surface area contributed by atoms with Gasteiger partial charge in [-0.3, -0.25) is 28.3 Å². The number of aromatic carboxylic acids is 1. The number of carboxylic acids is 1. The molecule has 41 heavy (non-hydrogen) atoms. The largest absolute Gasteiger partial charge is 1.00 e. The van der Waals surface area contributed by atoms with E-state index in [1.54, 1.807) is 31.8 Å². The fourth-order valence-electron chi connectivity index (χ4n) is 3.18. The van der Waals surface area contributed by atoms with Crippen molar-refractivity contribution in [3.05, 3.63) is 84.2 Å². The smallest absolute Gasteiger partial charge is 0.545 e. The van der Waals surface area contributed by atoms with E-state index >= 15 is 0 Å². The summed E-state index contributed by atoms with van der Waals surface area (Å²) in [6, 6.07) is 5.64. The van der Waals surface area contributed by atoms with E-state index < -0.39 is 17.2 Å². The SMILES string of the molecule is Cn1c(=O)c2[nH]cnc2n(C)c1=O.Cn1cnc2c1c(=O)[nH]c(=O)n2C.NCCO.O=C([O-])c1ccccc1O.[Na+]. The molecule has 6 N–H and O–H groups in total. The van der Waals surface area contributed by atoms with Crippen LogP contribution in [0.2, 0.25) is 0 Å². The topological polar surface area (TPSA) is 252 Å². The molecular weight excluding hydrogens is 553 g/mol. The molecule has 0 aliphatic rings. The van der Waals surface area contributed by atoms with E-state index in [1.165, 1.54) is 47.0 Å². The molecule has 0 saturated heterocycles. The number of carbonyl (C=O) groups excluding carboxylic acids is 1. The van der Waals surface area contributed by atoms with Crippen molar-refractivity contribution in [2.75, 3.05) is 13.2 Å². The Hall–Kier alpha value is -4.29. The first kappa shape index (κ1) is 34.7. The van der Waals surface area contributed by atoms with Crippen LogP contribution in [0.5, 0.6) is 5.75 Å². The van der Waals surface area contributed by atoms with Gasteiger partial charge in [0, 0.05) is 40.3 Å². The Morgan fingerprint density at radius 3 is 2.15 bits per heavy atom. The number of hydrogen-bond donors (Lipinski definition) is 5. The van der Waals surface area contributed by atoms with E-state index in [4.69, 9.17) is 15.9 Å². The Labute approximate surface area is 252 Å². The number of nitrogens with zero attached hydrogens (tertiary/aromatic N) is 6. The van der Waals surface area contributed by atoms with Crippen molar-refractivity contribution in [3.63, 3.8) is 0 Å². The van der Waals surface area contributed by atoms with Gasteiger partial charge in [0.05, 0.1) is 25.2 Å². The number of aliphatic hydroxyl groups is 1. The number of aryl methyl sites for hydroxylation is 3. The van der Waals surface area contributed by atoms with Crippen molar-refractivity contribution in [1.82, 2.24) is 38.2 Å². The second kappa shape index (κ2) is 15.5. The van der Waals surface area contributed by atoms with Gasteiger partial charge in [-0.2, -0.15) is 0 Å². The number of aromatic amines is 2. The molecule has 4 heterocycles. The molecule has 0 amide bonds. The first-order valence-corrected chi connectivity index (χ1v) is 11.4. The number of aromatic nitrogens is 8. The summed E-state index contributed by atoms with van der Waals surface area (Å²) < 4.78 is 5.25. The number of H-pyrrole nitrogens is 2. The summed E-state index contributed by atoms with van der Waals surface area (Å²) in [7, 11) is 6.28. The number of nitrogens with one attached hydrogen (secondary N) is 2. The van der Waals surface area contributed by atoms with E-state index in [9.17, 15) is 29.1 Å². The summed E-state index contributed by atoms with van der Waals surface area (Å²) in [5.41, 5.74) is 4.56. The second-order valence-corrected chi connectivity index (χ2v) is 7.97. The van der Waals surface area contributed by atoms with Crippen LogP contribution in [0, 0.1) is 0 Å². The standard InChI is InChI=1S/2C7H8N4O2.C7H6O3.C2H7NO.Na/c1-10-3-8-5-4(10)6(12)9-7(13)11(5)2;1-10-5-4(8-3-9-5)6(12)11(2)7(10)13;8-6-4-2-1-3-5(6)7(9)10;3-1-2-4;/h3H,1-2H3,(H,9,12,13);3H,1-2H3,(H,8,9);1-4,8H,(H,9,10);4H,1-3H2;/q;;;;+1/p-1. The molecule has 17 nitrogen and oxygen atoms in total. The number of rotatable bonds is 2. The second-order valence-electron chi connectivity index (χ2n) is 7.97. The van der Waals surface area contributed by atoms with Crippen LogP contribution in [0.25, 0.3) is 22.3 Å². The van der Waals surface area contributed by atoms with Crippen LogP contribution >= 0.6 is 0 Å².